The molecular formula is C19H21F5N6. The highest BCUT2D eigenvalue weighted by atomic mass is 19.4. The minimum Gasteiger partial charge on any atom is -0.340 e. The molecule has 1 aliphatic heterocycles. The van der Waals surface area contributed by atoms with E-state index in [1.165, 1.54) is 13.0 Å². The molecule has 3 rings (SSSR count). The molecule has 0 unspecified atom stereocenters. The van der Waals surface area contributed by atoms with Gasteiger partial charge in [-0.15, -0.1) is 0 Å². The largest absolute Gasteiger partial charge is 0.416 e. The third-order valence-corrected chi connectivity index (χ3v) is 4.78. The normalized spacial score (nSPS) is 21.4. The lowest BCUT2D eigenvalue weighted by Crippen LogP contribution is -2.50. The van der Waals surface area contributed by atoms with Crippen molar-refractivity contribution in [3.05, 3.63) is 35.8 Å². The maximum absolute atomic E-state index is 13.8. The first-order valence-electron chi connectivity index (χ1n) is 9.18. The van der Waals surface area contributed by atoms with Crippen LogP contribution in [0.15, 0.2) is 40.2 Å². The number of aliphatic imine (C=N–C) groups is 2. The van der Waals surface area contributed by atoms with Crippen LogP contribution in [0.5, 0.6) is 0 Å². The molecule has 30 heavy (non-hydrogen) atoms. The van der Waals surface area contributed by atoms with Crippen molar-refractivity contribution in [2.75, 3.05) is 18.0 Å². The molecule has 1 aliphatic rings. The third-order valence-electron chi connectivity index (χ3n) is 4.78. The fourth-order valence-electron chi connectivity index (χ4n) is 3.26. The maximum atomic E-state index is 13.8. The van der Waals surface area contributed by atoms with Crippen molar-refractivity contribution in [3.8, 4) is 0 Å². The van der Waals surface area contributed by atoms with E-state index in [0.29, 0.717) is 18.0 Å². The topological polar surface area (TPSA) is 71.8 Å². The second-order valence-corrected chi connectivity index (χ2v) is 7.03. The van der Waals surface area contributed by atoms with Crippen LogP contribution < -0.4 is 10.6 Å². The van der Waals surface area contributed by atoms with Crippen LogP contribution in [0.25, 0.3) is 11.0 Å². The molecule has 0 radical (unpaired) electrons. The number of piperidine rings is 1. The monoisotopic (exact) mass is 428 g/mol. The summed E-state index contributed by atoms with van der Waals surface area (Å²) in [6, 6.07) is 2.45. The Morgan fingerprint density at radius 1 is 1.40 bits per heavy atom. The van der Waals surface area contributed by atoms with Gasteiger partial charge in [0.05, 0.1) is 35.4 Å². The molecule has 0 spiro atoms. The Balaban J connectivity index is 2.10. The van der Waals surface area contributed by atoms with E-state index in [1.54, 1.807) is 9.47 Å². The predicted molar refractivity (Wildman–Crippen MR) is 106 cm³/mol. The molecule has 2 atom stereocenters. The van der Waals surface area contributed by atoms with Crippen molar-refractivity contribution in [1.29, 1.82) is 0 Å². The molecule has 0 bridgehead atoms. The SMILES string of the molecule is C=N/C(Cn1c(N2CC[C@H](F)[C@H](N)C2)nc2cc(C(F)(F)F)ccc21)=N\C=C(/C)F. The number of nitrogens with zero attached hydrogens (tertiary/aromatic N) is 5. The van der Waals surface area contributed by atoms with Crippen molar-refractivity contribution < 1.29 is 22.0 Å². The number of benzene rings is 1. The average molecular weight is 428 g/mol. The molecule has 0 amide bonds. The summed E-state index contributed by atoms with van der Waals surface area (Å²) in [5.74, 6) is -0.0984. The van der Waals surface area contributed by atoms with Crippen molar-refractivity contribution in [1.82, 2.24) is 9.55 Å². The van der Waals surface area contributed by atoms with Crippen molar-refractivity contribution in [2.45, 2.75) is 38.3 Å². The molecule has 1 aromatic carbocycles. The number of rotatable bonds is 4. The van der Waals surface area contributed by atoms with Gasteiger partial charge < -0.3 is 15.2 Å². The van der Waals surface area contributed by atoms with Crippen LogP contribution in [0.1, 0.15) is 18.9 Å². The lowest BCUT2D eigenvalue weighted by Gasteiger charge is -2.34. The Bertz CT molecular complexity index is 989. The van der Waals surface area contributed by atoms with Gasteiger partial charge in [0.25, 0.3) is 0 Å². The fraction of sp³-hybridized carbons (Fsp3) is 0.421. The number of aromatic nitrogens is 2. The molecule has 162 valence electrons. The number of fused-ring (bicyclic) bond motifs is 1. The van der Waals surface area contributed by atoms with Gasteiger partial charge in [0.1, 0.15) is 17.8 Å². The number of nitrogens with two attached hydrogens (primary N) is 1. The van der Waals surface area contributed by atoms with E-state index in [2.05, 4.69) is 21.7 Å². The first-order valence-corrected chi connectivity index (χ1v) is 9.18. The number of hydrogen-bond donors (Lipinski definition) is 1. The molecule has 2 aromatic rings. The van der Waals surface area contributed by atoms with Crippen LogP contribution in [-0.4, -0.2) is 47.4 Å². The lowest BCUT2D eigenvalue weighted by molar-refractivity contribution is -0.137. The van der Waals surface area contributed by atoms with E-state index in [-0.39, 0.29) is 30.9 Å². The first-order chi connectivity index (χ1) is 14.1. The summed E-state index contributed by atoms with van der Waals surface area (Å²) in [6.07, 6.45) is -4.55. The molecule has 0 saturated carbocycles. The second-order valence-electron chi connectivity index (χ2n) is 7.03. The summed E-state index contributed by atoms with van der Waals surface area (Å²) in [4.78, 5) is 13.8. The molecule has 1 saturated heterocycles. The van der Waals surface area contributed by atoms with Crippen molar-refractivity contribution >= 4 is 29.5 Å². The Labute approximate surface area is 169 Å². The summed E-state index contributed by atoms with van der Waals surface area (Å²) in [5, 5.41) is 0. The minimum atomic E-state index is -4.52. The summed E-state index contributed by atoms with van der Waals surface area (Å²) < 4.78 is 67.8. The average Bonchev–Trinajstić information content (AvgIpc) is 3.04. The van der Waals surface area contributed by atoms with Crippen molar-refractivity contribution in [3.63, 3.8) is 0 Å². The quantitative estimate of drug-likeness (QED) is 0.457. The number of halogens is 5. The summed E-state index contributed by atoms with van der Waals surface area (Å²) >= 11 is 0. The van der Waals surface area contributed by atoms with Gasteiger partial charge in [-0.25, -0.2) is 23.7 Å². The first kappa shape index (κ1) is 21.9. The Morgan fingerprint density at radius 3 is 2.73 bits per heavy atom. The van der Waals surface area contributed by atoms with E-state index >= 15 is 0 Å². The van der Waals surface area contributed by atoms with Gasteiger partial charge in [-0.2, -0.15) is 13.2 Å². The summed E-state index contributed by atoms with van der Waals surface area (Å²) in [6.45, 7) is 5.05. The maximum Gasteiger partial charge on any atom is 0.416 e. The van der Waals surface area contributed by atoms with Gasteiger partial charge in [-0.3, -0.25) is 0 Å². The highest BCUT2D eigenvalue weighted by molar-refractivity contribution is 5.89. The standard InChI is InChI=1S/C19H21F5N6/c1-11(20)8-27-17(26-2)10-30-16-4-3-12(19(22,23)24)7-15(16)28-18(30)29-6-5-13(21)14(25)9-29/h3-4,7-8,13-14H,2,5-6,9-10,25H2,1H3/b11-8+,27-17-/t13-,14+/m0/s1. The zero-order valence-corrected chi connectivity index (χ0v) is 16.2. The molecule has 6 nitrogen and oxygen atoms in total. The molecule has 2 N–H and O–H groups in total. The molecular weight excluding hydrogens is 407 g/mol. The van der Waals surface area contributed by atoms with E-state index in [9.17, 15) is 22.0 Å². The molecule has 2 heterocycles. The van der Waals surface area contributed by atoms with Crippen LogP contribution in [0.3, 0.4) is 0 Å². The van der Waals surface area contributed by atoms with Crippen LogP contribution in [0.4, 0.5) is 27.9 Å². The van der Waals surface area contributed by atoms with E-state index < -0.39 is 29.8 Å². The number of alkyl halides is 4. The highest BCUT2D eigenvalue weighted by Gasteiger charge is 2.32. The van der Waals surface area contributed by atoms with Gasteiger partial charge >= 0.3 is 6.18 Å². The Morgan fingerprint density at radius 2 is 2.13 bits per heavy atom. The number of imidazole rings is 1. The number of amidine groups is 1. The van der Waals surface area contributed by atoms with Gasteiger partial charge in [0.15, 0.2) is 0 Å². The van der Waals surface area contributed by atoms with Crippen LogP contribution in [0.2, 0.25) is 0 Å². The van der Waals surface area contributed by atoms with Gasteiger partial charge in [-0.05, 0) is 38.3 Å². The number of allylic oxidation sites excluding steroid dienone is 1. The van der Waals surface area contributed by atoms with Crippen LogP contribution in [0, 0.1) is 0 Å². The minimum absolute atomic E-state index is 0.0186. The van der Waals surface area contributed by atoms with Gasteiger partial charge in [-0.1, -0.05) is 0 Å². The predicted octanol–water partition coefficient (Wildman–Crippen LogP) is 3.86. The van der Waals surface area contributed by atoms with Crippen LogP contribution >= 0.6 is 0 Å². The molecule has 0 aliphatic carbocycles. The summed E-state index contributed by atoms with van der Waals surface area (Å²) in [7, 11) is 0. The van der Waals surface area contributed by atoms with Crippen molar-refractivity contribution in [2.24, 2.45) is 15.7 Å². The molecule has 1 aromatic heterocycles. The molecule has 1 fully saturated rings. The highest BCUT2D eigenvalue weighted by Crippen LogP contribution is 2.33. The smallest absolute Gasteiger partial charge is 0.340 e. The number of hydrogen-bond acceptors (Lipinski definition) is 4. The fourth-order valence-corrected chi connectivity index (χ4v) is 3.26. The zero-order chi connectivity index (χ0) is 22.1. The van der Waals surface area contributed by atoms with E-state index in [4.69, 9.17) is 5.73 Å². The van der Waals surface area contributed by atoms with Gasteiger partial charge in [0.2, 0.25) is 5.95 Å². The summed E-state index contributed by atoms with van der Waals surface area (Å²) in [5.41, 5.74) is 5.50. The molecule has 11 heteroatoms. The van der Waals surface area contributed by atoms with E-state index in [0.717, 1.165) is 18.3 Å². The number of anilines is 1. The van der Waals surface area contributed by atoms with E-state index in [1.807, 2.05) is 0 Å². The lowest BCUT2D eigenvalue weighted by atomic mass is 10.1. The van der Waals surface area contributed by atoms with Crippen LogP contribution in [-0.2, 0) is 12.7 Å². The third kappa shape index (κ3) is 4.66. The zero-order valence-electron chi connectivity index (χ0n) is 16.2. The Hall–Kier alpha value is -2.82. The van der Waals surface area contributed by atoms with Gasteiger partial charge in [0, 0.05) is 13.1 Å². The second kappa shape index (κ2) is 8.50. The Kier molecular flexibility index (Phi) is 6.20.